The van der Waals surface area contributed by atoms with Gasteiger partial charge in [-0.05, 0) is 42.0 Å². The maximum absolute atomic E-state index is 12.2. The van der Waals surface area contributed by atoms with Crippen LogP contribution in [0.15, 0.2) is 35.7 Å². The van der Waals surface area contributed by atoms with Gasteiger partial charge in [-0.1, -0.05) is 31.4 Å². The fourth-order valence-electron chi connectivity index (χ4n) is 2.85. The molecule has 1 aliphatic carbocycles. The van der Waals surface area contributed by atoms with Crippen molar-refractivity contribution in [2.45, 2.75) is 38.1 Å². The minimum atomic E-state index is -0.165. The van der Waals surface area contributed by atoms with Crippen molar-refractivity contribution in [3.63, 3.8) is 0 Å². The number of amides is 2. The molecule has 4 N–H and O–H groups in total. The number of benzene rings is 1. The second-order valence-corrected chi connectivity index (χ2v) is 6.66. The van der Waals surface area contributed by atoms with Crippen LogP contribution in [0.4, 0.5) is 16.2 Å². The van der Waals surface area contributed by atoms with Crippen LogP contribution in [0, 0.1) is 0 Å². The number of carbonyl (C=O) groups is 1. The Morgan fingerprint density at radius 2 is 2.00 bits per heavy atom. The molecule has 1 aliphatic rings. The monoisotopic (exact) mass is 315 g/mol. The van der Waals surface area contributed by atoms with Crippen molar-refractivity contribution in [3.8, 4) is 10.4 Å². The topological polar surface area (TPSA) is 67.1 Å². The van der Waals surface area contributed by atoms with Gasteiger partial charge in [-0.25, -0.2) is 4.79 Å². The lowest BCUT2D eigenvalue weighted by molar-refractivity contribution is 0.244. The summed E-state index contributed by atoms with van der Waals surface area (Å²) in [5.74, 6) is 0. The number of nitrogen functional groups attached to an aromatic ring is 1. The highest BCUT2D eigenvalue weighted by atomic mass is 32.1. The molecule has 1 aromatic carbocycles. The highest BCUT2D eigenvalue weighted by Crippen LogP contribution is 2.30. The summed E-state index contributed by atoms with van der Waals surface area (Å²) in [6.45, 7) is 0. The lowest BCUT2D eigenvalue weighted by atomic mass is 9.96. The number of thiophene rings is 1. The summed E-state index contributed by atoms with van der Waals surface area (Å²) in [4.78, 5) is 13.3. The SMILES string of the molecule is Nc1ccc(-c2cccs2)cc1NC(=O)NC1CCCCC1. The molecule has 2 amide bonds. The molecular weight excluding hydrogens is 294 g/mol. The van der Waals surface area contributed by atoms with Gasteiger partial charge in [0.2, 0.25) is 0 Å². The van der Waals surface area contributed by atoms with Crippen LogP contribution in [0.1, 0.15) is 32.1 Å². The number of anilines is 2. The van der Waals surface area contributed by atoms with E-state index in [1.54, 1.807) is 11.3 Å². The normalized spacial score (nSPS) is 15.5. The highest BCUT2D eigenvalue weighted by Gasteiger charge is 2.16. The number of nitrogens with one attached hydrogen (secondary N) is 2. The van der Waals surface area contributed by atoms with Gasteiger partial charge in [0.15, 0.2) is 0 Å². The van der Waals surface area contributed by atoms with E-state index in [2.05, 4.69) is 16.7 Å². The number of carbonyl (C=O) groups excluding carboxylic acids is 1. The van der Waals surface area contributed by atoms with Gasteiger partial charge in [0.25, 0.3) is 0 Å². The van der Waals surface area contributed by atoms with E-state index < -0.39 is 0 Å². The second kappa shape index (κ2) is 6.83. The summed E-state index contributed by atoms with van der Waals surface area (Å²) in [6.07, 6.45) is 5.80. The van der Waals surface area contributed by atoms with E-state index in [-0.39, 0.29) is 12.1 Å². The zero-order chi connectivity index (χ0) is 15.4. The van der Waals surface area contributed by atoms with Crippen molar-refractivity contribution in [1.82, 2.24) is 5.32 Å². The van der Waals surface area contributed by atoms with Crippen LogP contribution in [0.3, 0.4) is 0 Å². The Balaban J connectivity index is 1.68. The second-order valence-electron chi connectivity index (χ2n) is 5.71. The molecule has 5 heteroatoms. The van der Waals surface area contributed by atoms with E-state index >= 15 is 0 Å². The molecule has 22 heavy (non-hydrogen) atoms. The first-order chi connectivity index (χ1) is 10.7. The van der Waals surface area contributed by atoms with E-state index in [0.717, 1.165) is 23.3 Å². The molecule has 0 saturated heterocycles. The van der Waals surface area contributed by atoms with Gasteiger partial charge in [-0.15, -0.1) is 11.3 Å². The zero-order valence-corrected chi connectivity index (χ0v) is 13.3. The predicted octanol–water partition coefficient (Wildman–Crippen LogP) is 4.45. The molecular formula is C17H21N3OS. The van der Waals surface area contributed by atoms with Crippen molar-refractivity contribution in [3.05, 3.63) is 35.7 Å². The first-order valence-corrected chi connectivity index (χ1v) is 8.61. The van der Waals surface area contributed by atoms with Crippen LogP contribution in [0.25, 0.3) is 10.4 Å². The molecule has 4 nitrogen and oxygen atoms in total. The van der Waals surface area contributed by atoms with Crippen molar-refractivity contribution in [2.75, 3.05) is 11.1 Å². The summed E-state index contributed by atoms with van der Waals surface area (Å²) >= 11 is 1.67. The minimum absolute atomic E-state index is 0.165. The van der Waals surface area contributed by atoms with E-state index in [0.29, 0.717) is 11.4 Å². The maximum Gasteiger partial charge on any atom is 0.319 e. The molecule has 1 aromatic heterocycles. The van der Waals surface area contributed by atoms with Crippen molar-refractivity contribution >= 4 is 28.7 Å². The third-order valence-electron chi connectivity index (χ3n) is 4.05. The molecule has 0 bridgehead atoms. The molecule has 1 fully saturated rings. The zero-order valence-electron chi connectivity index (χ0n) is 12.5. The molecule has 116 valence electrons. The quantitative estimate of drug-likeness (QED) is 0.732. The maximum atomic E-state index is 12.2. The van der Waals surface area contributed by atoms with Crippen molar-refractivity contribution in [2.24, 2.45) is 0 Å². The Hall–Kier alpha value is -2.01. The average molecular weight is 315 g/mol. The molecule has 1 heterocycles. The number of hydrogen-bond donors (Lipinski definition) is 3. The van der Waals surface area contributed by atoms with Crippen LogP contribution in [0.2, 0.25) is 0 Å². The van der Waals surface area contributed by atoms with Gasteiger partial charge < -0.3 is 16.4 Å². The van der Waals surface area contributed by atoms with E-state index in [9.17, 15) is 4.79 Å². The minimum Gasteiger partial charge on any atom is -0.397 e. The Morgan fingerprint density at radius 1 is 1.18 bits per heavy atom. The number of nitrogens with two attached hydrogens (primary N) is 1. The first kappa shape index (κ1) is 14.9. The Bertz CT molecular complexity index is 633. The van der Waals surface area contributed by atoms with Gasteiger partial charge in [0, 0.05) is 10.9 Å². The van der Waals surface area contributed by atoms with E-state index in [4.69, 9.17) is 5.73 Å². The largest absolute Gasteiger partial charge is 0.397 e. The number of rotatable bonds is 3. The third-order valence-corrected chi connectivity index (χ3v) is 4.97. The molecule has 0 atom stereocenters. The molecule has 1 saturated carbocycles. The lowest BCUT2D eigenvalue weighted by Gasteiger charge is -2.23. The van der Waals surface area contributed by atoms with Gasteiger partial charge in [-0.3, -0.25) is 0 Å². The summed E-state index contributed by atoms with van der Waals surface area (Å²) in [6, 6.07) is 9.94. The molecule has 2 aromatic rings. The Morgan fingerprint density at radius 3 is 2.73 bits per heavy atom. The van der Waals surface area contributed by atoms with Crippen LogP contribution in [0.5, 0.6) is 0 Å². The van der Waals surface area contributed by atoms with Gasteiger partial charge in [-0.2, -0.15) is 0 Å². The van der Waals surface area contributed by atoms with Gasteiger partial charge >= 0.3 is 6.03 Å². The third kappa shape index (κ3) is 3.60. The van der Waals surface area contributed by atoms with Crippen LogP contribution < -0.4 is 16.4 Å². The van der Waals surface area contributed by atoms with E-state index in [1.807, 2.05) is 29.6 Å². The Labute approximate surface area is 134 Å². The van der Waals surface area contributed by atoms with Gasteiger partial charge in [0.1, 0.15) is 0 Å². The smallest absolute Gasteiger partial charge is 0.319 e. The van der Waals surface area contributed by atoms with Crippen LogP contribution >= 0.6 is 11.3 Å². The van der Waals surface area contributed by atoms with Crippen molar-refractivity contribution < 1.29 is 4.79 Å². The molecule has 0 unspecified atom stereocenters. The van der Waals surface area contributed by atoms with Crippen LogP contribution in [-0.2, 0) is 0 Å². The summed E-state index contributed by atoms with van der Waals surface area (Å²) in [5, 5.41) is 7.97. The molecule has 3 rings (SSSR count). The fraction of sp³-hybridized carbons (Fsp3) is 0.353. The number of urea groups is 1. The Kier molecular flexibility index (Phi) is 4.63. The van der Waals surface area contributed by atoms with E-state index in [1.165, 1.54) is 19.3 Å². The summed E-state index contributed by atoms with van der Waals surface area (Å²) in [7, 11) is 0. The standard InChI is InChI=1S/C17H21N3OS/c18-14-9-8-12(16-7-4-10-22-16)11-15(14)20-17(21)19-13-5-2-1-3-6-13/h4,7-11,13H,1-3,5-6,18H2,(H2,19,20,21). The molecule has 0 spiro atoms. The average Bonchev–Trinajstić information content (AvgIpc) is 3.05. The predicted molar refractivity (Wildman–Crippen MR) is 93.2 cm³/mol. The van der Waals surface area contributed by atoms with Crippen molar-refractivity contribution in [1.29, 1.82) is 0 Å². The van der Waals surface area contributed by atoms with Crippen LogP contribution in [-0.4, -0.2) is 12.1 Å². The first-order valence-electron chi connectivity index (χ1n) is 7.73. The lowest BCUT2D eigenvalue weighted by Crippen LogP contribution is -2.39. The number of hydrogen-bond acceptors (Lipinski definition) is 3. The molecule has 0 aliphatic heterocycles. The summed E-state index contributed by atoms with van der Waals surface area (Å²) < 4.78 is 0. The highest BCUT2D eigenvalue weighted by molar-refractivity contribution is 7.13. The summed E-state index contributed by atoms with van der Waals surface area (Å²) in [5.41, 5.74) is 8.30. The fourth-order valence-corrected chi connectivity index (χ4v) is 3.58. The van der Waals surface area contributed by atoms with Gasteiger partial charge in [0.05, 0.1) is 11.4 Å². The molecule has 0 radical (unpaired) electrons.